The van der Waals surface area contributed by atoms with Gasteiger partial charge in [0.05, 0.1) is 22.0 Å². The number of oxazole rings is 3. The Morgan fingerprint density at radius 1 is 0.211 bits per heavy atom. The summed E-state index contributed by atoms with van der Waals surface area (Å²) < 4.78 is 27.9. The second-order valence-corrected chi connectivity index (χ2v) is 33.7. The van der Waals surface area contributed by atoms with Crippen LogP contribution in [0.1, 0.15) is 22.3 Å². The number of benzene rings is 18. The number of para-hydroxylation sites is 2. The smallest absolute Gasteiger partial charge is 0.227 e. The third-order valence-electron chi connectivity index (χ3n) is 25.4. The highest BCUT2D eigenvalue weighted by Crippen LogP contribution is 2.57. The fourth-order valence-corrected chi connectivity index (χ4v) is 20.6. The van der Waals surface area contributed by atoms with Crippen LogP contribution in [0.25, 0.3) is 231 Å². The predicted octanol–water partition coefficient (Wildman–Crippen LogP) is 31.4. The van der Waals surface area contributed by atoms with Crippen molar-refractivity contribution in [3.8, 4) is 101 Å². The minimum absolute atomic E-state index is 0.430. The Balaban J connectivity index is 0.000000104. The maximum absolute atomic E-state index is 6.39. The summed E-state index contributed by atoms with van der Waals surface area (Å²) in [5.74, 6) is 1.83. The van der Waals surface area contributed by atoms with Gasteiger partial charge in [0.1, 0.15) is 27.7 Å². The van der Waals surface area contributed by atoms with Gasteiger partial charge < -0.3 is 17.7 Å². The number of furan rings is 1. The van der Waals surface area contributed by atoms with Crippen molar-refractivity contribution in [2.45, 2.75) is 5.41 Å². The van der Waals surface area contributed by atoms with Crippen molar-refractivity contribution in [3.05, 3.63) is 447 Å². The van der Waals surface area contributed by atoms with E-state index in [9.17, 15) is 0 Å². The van der Waals surface area contributed by atoms with Gasteiger partial charge in [-0.3, -0.25) is 15.0 Å². The highest BCUT2D eigenvalue weighted by Gasteiger charge is 2.46. The molecule has 8 aromatic heterocycles. The van der Waals surface area contributed by atoms with E-state index in [4.69, 9.17) is 32.6 Å². The normalized spacial score (nSPS) is 12.3. The summed E-state index contributed by atoms with van der Waals surface area (Å²) in [6.07, 6.45) is 5.42. The molecule has 1 aliphatic carbocycles. The first-order valence-electron chi connectivity index (χ1n) is 42.9. The third kappa shape index (κ3) is 12.5. The molecular formula is C117H70N6O4S. The van der Waals surface area contributed by atoms with E-state index in [0.29, 0.717) is 17.7 Å². The van der Waals surface area contributed by atoms with Crippen molar-refractivity contribution in [2.24, 2.45) is 0 Å². The van der Waals surface area contributed by atoms with Crippen LogP contribution in [0.15, 0.2) is 443 Å². The number of hydrogen-bond acceptors (Lipinski definition) is 11. The molecule has 0 spiro atoms. The van der Waals surface area contributed by atoms with E-state index in [0.717, 1.165) is 144 Å². The molecule has 0 N–H and O–H groups in total. The van der Waals surface area contributed by atoms with Crippen LogP contribution in [-0.4, -0.2) is 29.9 Å². The van der Waals surface area contributed by atoms with Crippen molar-refractivity contribution < 1.29 is 17.7 Å². The minimum atomic E-state index is -0.430. The molecule has 128 heavy (non-hydrogen) atoms. The molecule has 11 heteroatoms. The van der Waals surface area contributed by atoms with Gasteiger partial charge in [-0.25, -0.2) is 15.0 Å². The predicted molar refractivity (Wildman–Crippen MR) is 524 cm³/mol. The first-order valence-corrected chi connectivity index (χ1v) is 43.7. The number of pyridine rings is 3. The second-order valence-electron chi connectivity index (χ2n) is 32.6. The Hall–Kier alpha value is -16.9. The number of fused-ring (bicyclic) bond motifs is 17. The molecule has 598 valence electrons. The van der Waals surface area contributed by atoms with Crippen LogP contribution >= 0.6 is 11.3 Å². The molecule has 1 aliphatic rings. The van der Waals surface area contributed by atoms with Gasteiger partial charge in [0.25, 0.3) is 0 Å². The van der Waals surface area contributed by atoms with Crippen LogP contribution in [-0.2, 0) is 5.41 Å². The van der Waals surface area contributed by atoms with E-state index in [1.165, 1.54) is 91.8 Å². The number of aromatic nitrogens is 6. The van der Waals surface area contributed by atoms with E-state index < -0.39 is 5.41 Å². The Labute approximate surface area is 737 Å². The van der Waals surface area contributed by atoms with Crippen LogP contribution in [0.2, 0.25) is 0 Å². The standard InChI is InChI=1S/C41H26N2O.C38H22N2O2.C38H22N2OS/c1-3-11-31(12-4-1)41(32-13-5-2-6-14-32)35-16-8-7-15-33(35)34-20-17-27(25-36(34)41)28-19-22-39-38(26-28)43-40(44-39)30-18-21-37-29(24-30)10-9-23-42-37;1-2-9-28-27(8-1)26(16-17-29(28)31-11-5-12-32-30-10-3-4-13-35(30)41-37(31)32)23-14-19-34-36(22-23)42-38(40-34)25-15-18-33-24(21-25)7-6-20-39-33;1-2-9-28-27(8-1)26(16-17-29(28)31-11-5-12-32-30-10-3-4-13-36(30)42-37(31)32)23-14-19-34-35(22-23)41-38(40-34)25-15-18-33-24(21-25)7-6-20-39-33/h1-26H;2*1-22H. The van der Waals surface area contributed by atoms with Gasteiger partial charge in [-0.05, 0) is 227 Å². The average molecular weight is 1660 g/mol. The Bertz CT molecular complexity index is 8560. The van der Waals surface area contributed by atoms with Gasteiger partial charge in [-0.1, -0.05) is 279 Å². The van der Waals surface area contributed by atoms with Crippen LogP contribution < -0.4 is 0 Å². The highest BCUT2D eigenvalue weighted by molar-refractivity contribution is 7.26. The molecule has 27 rings (SSSR count). The molecule has 0 radical (unpaired) electrons. The number of nitrogens with zero attached hydrogens (tertiary/aromatic N) is 6. The molecular weight excluding hydrogens is 1590 g/mol. The van der Waals surface area contributed by atoms with Crippen LogP contribution in [0, 0.1) is 0 Å². The van der Waals surface area contributed by atoms with E-state index in [1.54, 1.807) is 6.20 Å². The fourth-order valence-electron chi connectivity index (χ4n) is 19.4. The Kier molecular flexibility index (Phi) is 17.5. The molecule has 0 atom stereocenters. The lowest BCUT2D eigenvalue weighted by Gasteiger charge is -2.34. The van der Waals surface area contributed by atoms with Gasteiger partial charge in [0.15, 0.2) is 16.7 Å². The number of rotatable bonds is 10. The maximum Gasteiger partial charge on any atom is 0.227 e. The lowest BCUT2D eigenvalue weighted by atomic mass is 9.67. The second kappa shape index (κ2) is 30.3. The van der Waals surface area contributed by atoms with Crippen molar-refractivity contribution in [2.75, 3.05) is 0 Å². The molecule has 0 aliphatic heterocycles. The van der Waals surface area contributed by atoms with Crippen LogP contribution in [0.5, 0.6) is 0 Å². The summed E-state index contributed by atoms with van der Waals surface area (Å²) in [6, 6.07) is 143. The van der Waals surface area contributed by atoms with Gasteiger partial charge in [0.2, 0.25) is 17.7 Å². The summed E-state index contributed by atoms with van der Waals surface area (Å²) in [4.78, 5) is 27.8. The van der Waals surface area contributed by atoms with E-state index in [-0.39, 0.29) is 0 Å². The lowest BCUT2D eigenvalue weighted by Crippen LogP contribution is -2.28. The van der Waals surface area contributed by atoms with Crippen molar-refractivity contribution >= 4 is 141 Å². The van der Waals surface area contributed by atoms with Crippen molar-refractivity contribution in [1.29, 1.82) is 0 Å². The summed E-state index contributed by atoms with van der Waals surface area (Å²) in [5, 5.41) is 12.9. The molecule has 0 fully saturated rings. The molecule has 8 heterocycles. The largest absolute Gasteiger partial charge is 0.455 e. The third-order valence-corrected chi connectivity index (χ3v) is 26.6. The van der Waals surface area contributed by atoms with Crippen molar-refractivity contribution in [3.63, 3.8) is 0 Å². The van der Waals surface area contributed by atoms with Gasteiger partial charge in [-0.15, -0.1) is 11.3 Å². The first-order chi connectivity index (χ1) is 63.4. The quantitative estimate of drug-likeness (QED) is 0.130. The average Bonchev–Trinajstić information content (AvgIpc) is 1.53. The highest BCUT2D eigenvalue weighted by atomic mass is 32.1. The summed E-state index contributed by atoms with van der Waals surface area (Å²) >= 11 is 1.87. The van der Waals surface area contributed by atoms with E-state index in [1.807, 2.05) is 103 Å². The van der Waals surface area contributed by atoms with Crippen molar-refractivity contribution in [1.82, 2.24) is 29.9 Å². The molecule has 0 saturated heterocycles. The summed E-state index contributed by atoms with van der Waals surface area (Å²) in [5.41, 5.74) is 31.1. The molecule has 18 aromatic carbocycles. The minimum Gasteiger partial charge on any atom is -0.455 e. The molecule has 10 nitrogen and oxygen atoms in total. The van der Waals surface area contributed by atoms with Gasteiger partial charge in [-0.2, -0.15) is 0 Å². The van der Waals surface area contributed by atoms with Gasteiger partial charge in [0, 0.05) is 93.5 Å². The monoisotopic (exact) mass is 1650 g/mol. The molecule has 0 bridgehead atoms. The zero-order valence-corrected chi connectivity index (χ0v) is 69.5. The van der Waals surface area contributed by atoms with E-state index in [2.05, 4.69) is 343 Å². The first kappa shape index (κ1) is 73.8. The zero-order chi connectivity index (χ0) is 84.3. The molecule has 0 amide bonds. The topological polar surface area (TPSA) is 130 Å². The summed E-state index contributed by atoms with van der Waals surface area (Å²) in [7, 11) is 0. The van der Waals surface area contributed by atoms with Gasteiger partial charge >= 0.3 is 0 Å². The number of thiophene rings is 1. The summed E-state index contributed by atoms with van der Waals surface area (Å²) in [6.45, 7) is 0. The van der Waals surface area contributed by atoms with Crippen LogP contribution in [0.3, 0.4) is 0 Å². The fraction of sp³-hybridized carbons (Fsp3) is 0.00855. The lowest BCUT2D eigenvalue weighted by molar-refractivity contribution is 0.619. The number of hydrogen-bond donors (Lipinski definition) is 0. The molecule has 0 saturated carbocycles. The SMILES string of the molecule is c1ccc(C2(c3ccccc3)c3ccccc3-c3ccc(-c4ccc5oc(-c6ccc7ncccc7c6)nc5c4)cc32)cc1.c1cnc2ccc(-c3nc4ccc(-c5ccc(-c6cccc7c6oc6ccccc67)c6ccccc56)cc4o3)cc2c1.c1cnc2ccc(-c3nc4ccc(-c5ccc(-c6cccc7c6sc6ccccc67)c6ccccc56)cc4o3)cc2c1. The van der Waals surface area contributed by atoms with Crippen LogP contribution in [0.4, 0.5) is 0 Å². The maximum atomic E-state index is 6.39. The Morgan fingerprint density at radius 2 is 0.625 bits per heavy atom. The Morgan fingerprint density at radius 3 is 1.22 bits per heavy atom. The molecule has 26 aromatic rings. The van der Waals surface area contributed by atoms with E-state index >= 15 is 0 Å². The molecule has 0 unspecified atom stereocenters. The zero-order valence-electron chi connectivity index (χ0n) is 68.6.